The zero-order valence-electron chi connectivity index (χ0n) is 38.6. The first-order valence-corrected chi connectivity index (χ1v) is 22.0. The van der Waals surface area contributed by atoms with Gasteiger partial charge < -0.3 is 69.1 Å². The fourth-order valence-corrected chi connectivity index (χ4v) is 9.24. The Morgan fingerprint density at radius 2 is 1.58 bits per heavy atom. The van der Waals surface area contributed by atoms with Gasteiger partial charge in [0, 0.05) is 38.0 Å². The Morgan fingerprint density at radius 3 is 2.15 bits per heavy atom. The Labute approximate surface area is 357 Å². The van der Waals surface area contributed by atoms with Gasteiger partial charge >= 0.3 is 11.9 Å². The van der Waals surface area contributed by atoms with E-state index in [1.54, 1.807) is 48.6 Å². The number of cyclic esters (lactones) is 1. The summed E-state index contributed by atoms with van der Waals surface area (Å²) in [4.78, 5) is 43.2. The van der Waals surface area contributed by atoms with Crippen molar-refractivity contribution in [3.8, 4) is 0 Å². The number of esters is 2. The second-order valence-electron chi connectivity index (χ2n) is 18.2. The Kier molecular flexibility index (Phi) is 19.2. The molecule has 3 saturated heterocycles. The molecule has 0 aromatic rings. The second kappa shape index (κ2) is 22.0. The van der Waals surface area contributed by atoms with Crippen molar-refractivity contribution in [2.24, 2.45) is 17.8 Å². The lowest BCUT2D eigenvalue weighted by molar-refractivity contribution is -0.316. The van der Waals surface area contributed by atoms with Crippen molar-refractivity contribution in [1.82, 2.24) is 15.5 Å². The van der Waals surface area contributed by atoms with E-state index in [-0.39, 0.29) is 31.8 Å². The van der Waals surface area contributed by atoms with E-state index in [2.05, 4.69) is 15.5 Å². The first-order valence-electron chi connectivity index (χ1n) is 22.0. The zero-order valence-corrected chi connectivity index (χ0v) is 38.6. The number of ether oxygens (including phenoxy) is 7. The molecule has 0 radical (unpaired) electrons. The first-order chi connectivity index (χ1) is 27.9. The smallest absolute Gasteiger partial charge is 0.311 e. The van der Waals surface area contributed by atoms with Crippen LogP contribution in [-0.2, 0) is 47.5 Å². The number of nitrogens with one attached hydrogen (secondary N) is 2. The molecular formula is C43H79N3O14. The van der Waals surface area contributed by atoms with Crippen molar-refractivity contribution < 1.29 is 68.0 Å². The fourth-order valence-electron chi connectivity index (χ4n) is 9.24. The fraction of sp³-hybridized carbons (Fsp3) is 0.930. The summed E-state index contributed by atoms with van der Waals surface area (Å²) in [5, 5.41) is 52.8. The summed E-state index contributed by atoms with van der Waals surface area (Å²) in [7, 11) is 3.23. The van der Waals surface area contributed by atoms with Crippen LogP contribution >= 0.6 is 0 Å². The molecule has 3 rings (SSSR count). The number of likely N-dealkylation sites (N-methyl/N-ethyl adjacent to an activating group) is 1. The van der Waals surface area contributed by atoms with Gasteiger partial charge in [-0.1, -0.05) is 34.6 Å². The molecule has 3 heterocycles. The molecule has 0 aliphatic carbocycles. The summed E-state index contributed by atoms with van der Waals surface area (Å²) < 4.78 is 44.0. The van der Waals surface area contributed by atoms with E-state index < -0.39 is 120 Å². The van der Waals surface area contributed by atoms with E-state index in [1.165, 1.54) is 27.9 Å². The van der Waals surface area contributed by atoms with E-state index in [1.807, 2.05) is 20.8 Å². The summed E-state index contributed by atoms with van der Waals surface area (Å²) in [6, 6.07) is -1.38. The number of aliphatic hydroxyl groups is 4. The molecule has 0 unspecified atom stereocenters. The number of carbonyl (C=O) groups excluding carboxylic acids is 3. The summed E-state index contributed by atoms with van der Waals surface area (Å²) >= 11 is 0. The van der Waals surface area contributed by atoms with Gasteiger partial charge in [-0.25, -0.2) is 0 Å². The minimum Gasteiger partial charge on any atom is -0.459 e. The highest BCUT2D eigenvalue weighted by Crippen LogP contribution is 2.40. The van der Waals surface area contributed by atoms with Gasteiger partial charge in [0.25, 0.3) is 0 Å². The molecule has 60 heavy (non-hydrogen) atoms. The predicted octanol–water partition coefficient (Wildman–Crippen LogP) is 2.03. The Balaban J connectivity index is 2.12. The molecule has 0 aromatic heterocycles. The monoisotopic (exact) mass is 862 g/mol. The van der Waals surface area contributed by atoms with Crippen molar-refractivity contribution in [3.05, 3.63) is 0 Å². The van der Waals surface area contributed by atoms with Gasteiger partial charge in [-0.2, -0.15) is 0 Å². The number of hydrogen-bond donors (Lipinski definition) is 6. The van der Waals surface area contributed by atoms with E-state index in [0.29, 0.717) is 13.0 Å². The minimum atomic E-state index is -1.99. The summed E-state index contributed by atoms with van der Waals surface area (Å²) in [6.07, 6.45) is -9.76. The predicted molar refractivity (Wildman–Crippen MR) is 221 cm³/mol. The first kappa shape index (κ1) is 52.3. The minimum absolute atomic E-state index is 0.0636. The second-order valence-corrected chi connectivity index (χ2v) is 18.2. The largest absolute Gasteiger partial charge is 0.459 e. The van der Waals surface area contributed by atoms with Crippen LogP contribution in [0.25, 0.3) is 0 Å². The van der Waals surface area contributed by atoms with Crippen LogP contribution < -0.4 is 10.6 Å². The molecule has 17 heteroatoms. The van der Waals surface area contributed by atoms with Gasteiger partial charge in [0.1, 0.15) is 29.5 Å². The van der Waals surface area contributed by atoms with E-state index in [9.17, 15) is 34.8 Å². The number of rotatable bonds is 13. The summed E-state index contributed by atoms with van der Waals surface area (Å²) in [5.74, 6) is -4.55. The maximum Gasteiger partial charge on any atom is 0.311 e. The Bertz CT molecular complexity index is 1380. The van der Waals surface area contributed by atoms with E-state index in [4.69, 9.17) is 33.2 Å². The molecule has 17 nitrogen and oxygen atoms in total. The molecule has 1 amide bonds. The molecule has 3 aliphatic rings. The third-order valence-corrected chi connectivity index (χ3v) is 13.2. The molecular weight excluding hydrogens is 782 g/mol. The van der Waals surface area contributed by atoms with Gasteiger partial charge in [0.15, 0.2) is 18.7 Å². The van der Waals surface area contributed by atoms with Crippen molar-refractivity contribution in [2.75, 3.05) is 33.8 Å². The lowest BCUT2D eigenvalue weighted by atomic mass is 9.77. The van der Waals surface area contributed by atoms with Gasteiger partial charge in [-0.3, -0.25) is 14.4 Å². The average molecular weight is 862 g/mol. The molecule has 6 N–H and O–H groups in total. The molecule has 3 aliphatic heterocycles. The van der Waals surface area contributed by atoms with Crippen LogP contribution in [0.5, 0.6) is 0 Å². The normalized spacial score (nSPS) is 44.0. The van der Waals surface area contributed by atoms with Crippen LogP contribution in [0, 0.1) is 17.8 Å². The van der Waals surface area contributed by atoms with Crippen LogP contribution in [0.1, 0.15) is 115 Å². The average Bonchev–Trinajstić information content (AvgIpc) is 3.19. The SMILES string of the molecule is CC[C@H]1OC(=O)[C@H](C)[C@@H](O[C@H]2C[C@@](C)(OC)[C@@H](OC(=O)CCN(CC)CC)[C@H](C)O2)[C@H](C)[C@@H](O[C@@H]2O[C@H](C)C[C@H](NC)[C@H]2O)[C@](C)(O)C[C@@H](C)C(=O)N[C@H](C)[C@H](O)[C@]1(C)O. The number of nitrogens with zero attached hydrogens (tertiary/aromatic N) is 1. The molecule has 0 bridgehead atoms. The Morgan fingerprint density at radius 1 is 0.950 bits per heavy atom. The van der Waals surface area contributed by atoms with Crippen molar-refractivity contribution >= 4 is 17.8 Å². The highest BCUT2D eigenvalue weighted by atomic mass is 16.7. The molecule has 350 valence electrons. The molecule has 0 spiro atoms. The van der Waals surface area contributed by atoms with E-state index >= 15 is 0 Å². The lowest BCUT2D eigenvalue weighted by Crippen LogP contribution is -2.61. The van der Waals surface area contributed by atoms with Crippen LogP contribution in [-0.4, -0.2) is 167 Å². The van der Waals surface area contributed by atoms with Crippen LogP contribution in [0.2, 0.25) is 0 Å². The maximum atomic E-state index is 14.3. The van der Waals surface area contributed by atoms with Crippen molar-refractivity contribution in [2.45, 2.75) is 205 Å². The number of carbonyl (C=O) groups is 3. The Hall–Kier alpha value is -2.03. The number of methoxy groups -OCH3 is 1. The van der Waals surface area contributed by atoms with Gasteiger partial charge in [0.2, 0.25) is 5.91 Å². The molecule has 0 saturated carbocycles. The topological polar surface area (TPSA) is 224 Å². The van der Waals surface area contributed by atoms with Crippen LogP contribution in [0.4, 0.5) is 0 Å². The highest BCUT2D eigenvalue weighted by molar-refractivity contribution is 5.78. The van der Waals surface area contributed by atoms with Crippen molar-refractivity contribution in [1.29, 1.82) is 0 Å². The zero-order chi connectivity index (χ0) is 45.5. The molecule has 0 aromatic carbocycles. The molecule has 3 fully saturated rings. The van der Waals surface area contributed by atoms with Gasteiger partial charge in [-0.05, 0) is 87.9 Å². The highest BCUT2D eigenvalue weighted by Gasteiger charge is 2.53. The number of amides is 1. The summed E-state index contributed by atoms with van der Waals surface area (Å²) in [6.45, 7) is 22.6. The third-order valence-electron chi connectivity index (χ3n) is 13.2. The van der Waals surface area contributed by atoms with Crippen molar-refractivity contribution in [3.63, 3.8) is 0 Å². The third kappa shape index (κ3) is 12.6. The van der Waals surface area contributed by atoms with Gasteiger partial charge in [0.05, 0.1) is 48.4 Å². The quantitative estimate of drug-likeness (QED) is 0.146. The van der Waals surface area contributed by atoms with Crippen LogP contribution in [0.15, 0.2) is 0 Å². The van der Waals surface area contributed by atoms with E-state index in [0.717, 1.165) is 13.1 Å². The molecule has 18 atom stereocenters. The van der Waals surface area contributed by atoms with Crippen LogP contribution in [0.3, 0.4) is 0 Å². The number of aliphatic hydroxyl groups excluding tert-OH is 2. The summed E-state index contributed by atoms with van der Waals surface area (Å²) in [5.41, 5.74) is -4.91. The maximum absolute atomic E-state index is 14.3. The lowest BCUT2D eigenvalue weighted by Gasteiger charge is -2.49. The number of hydrogen-bond acceptors (Lipinski definition) is 16. The standard InChI is InChI=1S/C43H79N3O14/c1-15-30-43(12,53)35(49)27(8)45-38(50)23(4)21-41(10,52)36(60-40-33(48)29(44-13)20-24(5)55-40)25(6)34(26(7)39(51)57-30)59-32-22-42(11,54-14)37(28(9)56-32)58-31(47)18-19-46(16-2)17-3/h23-30,32-37,40,44,48-49,52-53H,15-22H2,1-14H3,(H,45,50)/t23-,24-,25+,26-,27-,28+,29+,30-,32+,33-,34+,35+,36-,37+,40+,41-,42-,43-/m1/s1. The van der Waals surface area contributed by atoms with Gasteiger partial charge in [-0.15, -0.1) is 0 Å².